The number of benzene rings is 1. The van der Waals surface area contributed by atoms with Crippen molar-refractivity contribution in [3.8, 4) is 0 Å². The highest BCUT2D eigenvalue weighted by Crippen LogP contribution is 2.29. The van der Waals surface area contributed by atoms with E-state index in [0.717, 1.165) is 44.2 Å². The van der Waals surface area contributed by atoms with Crippen molar-refractivity contribution in [2.75, 3.05) is 5.73 Å². The van der Waals surface area contributed by atoms with Crippen molar-refractivity contribution in [1.29, 1.82) is 0 Å². The molecular weight excluding hydrogens is 279 g/mol. The first-order chi connectivity index (χ1) is 9.44. The molecule has 0 saturated heterocycles. The summed E-state index contributed by atoms with van der Waals surface area (Å²) in [4.78, 5) is -0.0423. The minimum atomic E-state index is -3.69. The maximum Gasteiger partial charge on any atom is 0.242 e. The minimum Gasteiger partial charge on any atom is -0.398 e. The molecule has 1 saturated carbocycles. The zero-order valence-electron chi connectivity index (χ0n) is 11.6. The number of nitrogen functional groups attached to an aromatic ring is 1. The van der Waals surface area contributed by atoms with Crippen molar-refractivity contribution in [3.05, 3.63) is 24.0 Å². The van der Waals surface area contributed by atoms with Gasteiger partial charge in [-0.3, -0.25) is 0 Å². The van der Waals surface area contributed by atoms with Crippen LogP contribution in [0.3, 0.4) is 0 Å². The summed E-state index contributed by atoms with van der Waals surface area (Å²) in [5.74, 6) is -0.175. The van der Waals surface area contributed by atoms with Crippen LogP contribution >= 0.6 is 0 Å². The van der Waals surface area contributed by atoms with Crippen molar-refractivity contribution in [1.82, 2.24) is 4.72 Å². The summed E-state index contributed by atoms with van der Waals surface area (Å²) in [5.41, 5.74) is 5.57. The van der Waals surface area contributed by atoms with Gasteiger partial charge in [-0.2, -0.15) is 0 Å². The predicted octanol–water partition coefficient (Wildman–Crippen LogP) is 2.66. The van der Waals surface area contributed by atoms with Crippen LogP contribution in [0.15, 0.2) is 23.1 Å². The Morgan fingerprint density at radius 2 is 2.05 bits per heavy atom. The molecule has 2 atom stereocenters. The summed E-state index contributed by atoms with van der Waals surface area (Å²) in [6, 6.07) is 3.32. The number of anilines is 1. The molecule has 2 rings (SSSR count). The number of hydrogen-bond acceptors (Lipinski definition) is 3. The van der Waals surface area contributed by atoms with Crippen molar-refractivity contribution in [2.45, 2.75) is 50.0 Å². The molecule has 3 N–H and O–H groups in total. The van der Waals surface area contributed by atoms with Gasteiger partial charge in [0.25, 0.3) is 0 Å². The van der Waals surface area contributed by atoms with E-state index >= 15 is 0 Å². The Labute approximate surface area is 119 Å². The molecule has 1 aliphatic rings. The van der Waals surface area contributed by atoms with Gasteiger partial charge >= 0.3 is 0 Å². The lowest BCUT2D eigenvalue weighted by atomic mass is 9.83. The molecule has 0 aromatic heterocycles. The summed E-state index contributed by atoms with van der Waals surface area (Å²) < 4.78 is 40.5. The highest BCUT2D eigenvalue weighted by molar-refractivity contribution is 7.89. The van der Waals surface area contributed by atoms with E-state index in [0.29, 0.717) is 5.92 Å². The number of nitrogens with two attached hydrogens (primary N) is 1. The Kier molecular flexibility index (Phi) is 4.65. The first kappa shape index (κ1) is 15.3. The monoisotopic (exact) mass is 300 g/mol. The highest BCUT2D eigenvalue weighted by atomic mass is 32.2. The molecule has 0 spiro atoms. The van der Waals surface area contributed by atoms with Crippen molar-refractivity contribution in [3.63, 3.8) is 0 Å². The predicted molar refractivity (Wildman–Crippen MR) is 77.2 cm³/mol. The van der Waals surface area contributed by atoms with Gasteiger partial charge in [-0.25, -0.2) is 17.5 Å². The molecule has 1 fully saturated rings. The molecule has 0 amide bonds. The second-order valence-electron chi connectivity index (χ2n) is 5.36. The zero-order valence-corrected chi connectivity index (χ0v) is 12.4. The minimum absolute atomic E-state index is 0.0423. The summed E-state index contributed by atoms with van der Waals surface area (Å²) in [6.45, 7) is 2.07. The maximum atomic E-state index is 13.0. The molecular formula is C14H21FN2O2S. The molecule has 1 aromatic rings. The zero-order chi connectivity index (χ0) is 14.8. The van der Waals surface area contributed by atoms with E-state index in [1.165, 1.54) is 6.07 Å². The van der Waals surface area contributed by atoms with Gasteiger partial charge in [0.05, 0.1) is 5.69 Å². The number of hydrogen-bond donors (Lipinski definition) is 2. The van der Waals surface area contributed by atoms with Crippen LogP contribution in [0.4, 0.5) is 10.1 Å². The largest absolute Gasteiger partial charge is 0.398 e. The second kappa shape index (κ2) is 6.10. The first-order valence-electron chi connectivity index (χ1n) is 7.01. The second-order valence-corrected chi connectivity index (χ2v) is 7.05. The number of sulfonamides is 1. The van der Waals surface area contributed by atoms with E-state index in [1.54, 1.807) is 0 Å². The number of nitrogens with one attached hydrogen (secondary N) is 1. The molecule has 112 valence electrons. The third-order valence-corrected chi connectivity index (χ3v) is 5.57. The van der Waals surface area contributed by atoms with Crippen LogP contribution in [0.25, 0.3) is 0 Å². The fourth-order valence-electron chi connectivity index (χ4n) is 2.88. The van der Waals surface area contributed by atoms with Gasteiger partial charge in [0.2, 0.25) is 10.0 Å². The van der Waals surface area contributed by atoms with Gasteiger partial charge in [0, 0.05) is 6.04 Å². The van der Waals surface area contributed by atoms with Crippen LogP contribution in [0.5, 0.6) is 0 Å². The van der Waals surface area contributed by atoms with Gasteiger partial charge in [0.1, 0.15) is 10.7 Å². The summed E-state index contributed by atoms with van der Waals surface area (Å²) in [6.07, 6.45) is 5.02. The van der Waals surface area contributed by atoms with Crippen LogP contribution in [0.2, 0.25) is 0 Å². The van der Waals surface area contributed by atoms with Gasteiger partial charge in [0.15, 0.2) is 0 Å². The average Bonchev–Trinajstić information content (AvgIpc) is 2.38. The van der Waals surface area contributed by atoms with Crippen molar-refractivity contribution in [2.24, 2.45) is 5.92 Å². The smallest absolute Gasteiger partial charge is 0.242 e. The van der Waals surface area contributed by atoms with Crippen molar-refractivity contribution < 1.29 is 12.8 Å². The molecule has 0 heterocycles. The molecule has 2 unspecified atom stereocenters. The lowest BCUT2D eigenvalue weighted by molar-refractivity contribution is 0.282. The molecule has 0 bridgehead atoms. The van der Waals surface area contributed by atoms with E-state index in [-0.39, 0.29) is 16.6 Å². The van der Waals surface area contributed by atoms with Gasteiger partial charge < -0.3 is 5.73 Å². The Balaban J connectivity index is 2.22. The summed E-state index contributed by atoms with van der Waals surface area (Å²) >= 11 is 0. The van der Waals surface area contributed by atoms with Gasteiger partial charge in [-0.1, -0.05) is 26.2 Å². The number of halogens is 1. The van der Waals surface area contributed by atoms with Crippen LogP contribution in [0, 0.1) is 11.7 Å². The Bertz CT molecular complexity index is 575. The lowest BCUT2D eigenvalue weighted by Crippen LogP contribution is -2.42. The quantitative estimate of drug-likeness (QED) is 0.840. The summed E-state index contributed by atoms with van der Waals surface area (Å²) in [5, 5.41) is 0. The highest BCUT2D eigenvalue weighted by Gasteiger charge is 2.29. The number of rotatable bonds is 4. The summed E-state index contributed by atoms with van der Waals surface area (Å²) in [7, 11) is -3.69. The fourth-order valence-corrected chi connectivity index (χ4v) is 4.33. The SMILES string of the molecule is CCC1CCCCC1NS(=O)(=O)c1ccc(F)cc1N. The van der Waals surface area contributed by atoms with Crippen LogP contribution in [-0.4, -0.2) is 14.5 Å². The van der Waals surface area contributed by atoms with E-state index in [2.05, 4.69) is 11.6 Å². The van der Waals surface area contributed by atoms with Crippen LogP contribution in [-0.2, 0) is 10.0 Å². The molecule has 1 aromatic carbocycles. The van der Waals surface area contributed by atoms with Gasteiger partial charge in [-0.05, 0) is 37.0 Å². The lowest BCUT2D eigenvalue weighted by Gasteiger charge is -2.31. The van der Waals surface area contributed by atoms with Crippen LogP contribution < -0.4 is 10.5 Å². The van der Waals surface area contributed by atoms with E-state index in [9.17, 15) is 12.8 Å². The Morgan fingerprint density at radius 3 is 2.70 bits per heavy atom. The Hall–Kier alpha value is -1.14. The molecule has 6 heteroatoms. The average molecular weight is 300 g/mol. The fraction of sp³-hybridized carbons (Fsp3) is 0.571. The molecule has 0 aliphatic heterocycles. The molecule has 1 aliphatic carbocycles. The van der Waals surface area contributed by atoms with E-state index in [1.807, 2.05) is 0 Å². The standard InChI is InChI=1S/C14H21FN2O2S/c1-2-10-5-3-4-6-13(10)17-20(18,19)14-8-7-11(15)9-12(14)16/h7-10,13,17H,2-6,16H2,1H3. The molecule has 20 heavy (non-hydrogen) atoms. The van der Waals surface area contributed by atoms with Gasteiger partial charge in [-0.15, -0.1) is 0 Å². The normalized spacial score (nSPS) is 23.7. The first-order valence-corrected chi connectivity index (χ1v) is 8.49. The third-order valence-electron chi connectivity index (χ3n) is 4.00. The van der Waals surface area contributed by atoms with E-state index in [4.69, 9.17) is 5.73 Å². The van der Waals surface area contributed by atoms with E-state index < -0.39 is 15.8 Å². The third kappa shape index (κ3) is 3.30. The topological polar surface area (TPSA) is 72.2 Å². The molecule has 4 nitrogen and oxygen atoms in total. The Morgan fingerprint density at radius 1 is 1.35 bits per heavy atom. The van der Waals surface area contributed by atoms with Crippen molar-refractivity contribution >= 4 is 15.7 Å². The van der Waals surface area contributed by atoms with Crippen LogP contribution in [0.1, 0.15) is 39.0 Å². The molecule has 0 radical (unpaired) electrons. The maximum absolute atomic E-state index is 13.0.